The molecule has 182 valence electrons. The molecule has 2 aliphatic carbocycles. The van der Waals surface area contributed by atoms with Gasteiger partial charge in [0.2, 0.25) is 0 Å². The normalized spacial score (nSPS) is 39.5. The Kier molecular flexibility index (Phi) is 6.09. The number of ether oxygens (including phenoxy) is 3. The Morgan fingerprint density at radius 3 is 2.33 bits per heavy atom. The molecule has 1 aliphatic heterocycles. The maximum Gasteiger partial charge on any atom is 0.411 e. The van der Waals surface area contributed by atoms with Crippen molar-refractivity contribution in [3.63, 3.8) is 0 Å². The van der Waals surface area contributed by atoms with E-state index in [0.717, 1.165) is 44.3 Å². The van der Waals surface area contributed by atoms with Crippen LogP contribution in [0.5, 0.6) is 5.75 Å². The fourth-order valence-electron chi connectivity index (χ4n) is 7.56. The van der Waals surface area contributed by atoms with Crippen LogP contribution in [0.3, 0.4) is 0 Å². The molecule has 3 aliphatic rings. The minimum absolute atomic E-state index is 0.106. The summed E-state index contributed by atoms with van der Waals surface area (Å²) in [7, 11) is 1.63. The summed E-state index contributed by atoms with van der Waals surface area (Å²) in [6.07, 6.45) is 7.72. The summed E-state index contributed by atoms with van der Waals surface area (Å²) >= 11 is 0. The molecule has 3 fully saturated rings. The van der Waals surface area contributed by atoms with E-state index in [1.165, 1.54) is 0 Å². The van der Waals surface area contributed by atoms with Crippen LogP contribution in [0.2, 0.25) is 0 Å². The average Bonchev–Trinajstić information content (AvgIpc) is 2.75. The van der Waals surface area contributed by atoms with E-state index >= 15 is 0 Å². The third kappa shape index (κ3) is 4.18. The highest BCUT2D eigenvalue weighted by Gasteiger charge is 2.63. The molecule has 2 saturated carbocycles. The van der Waals surface area contributed by atoms with Gasteiger partial charge in [0.25, 0.3) is 0 Å². The van der Waals surface area contributed by atoms with E-state index in [9.17, 15) is 4.79 Å². The summed E-state index contributed by atoms with van der Waals surface area (Å²) in [5.74, 6) is 1.74. The fraction of sp³-hybridized carbons (Fsp3) is 0.679. The molecule has 0 radical (unpaired) electrons. The number of fused-ring (bicyclic) bond motifs is 3. The molecule has 1 amide bonds. The number of hydrogen-bond acceptors (Lipinski definition) is 4. The Bertz CT molecular complexity index is 896. The van der Waals surface area contributed by atoms with Crippen molar-refractivity contribution in [2.24, 2.45) is 22.7 Å². The SMILES string of the molecule is C=C[C@@]1(C)CC[C@H]2[C@]3(C)CC[C@@H](OC(=O)Nc4ccc(OC)cc4)C(C)(C)[C@H]3CC[C@]2(C)O1. The smallest absolute Gasteiger partial charge is 0.411 e. The number of nitrogens with one attached hydrogen (secondary N) is 1. The van der Waals surface area contributed by atoms with E-state index < -0.39 is 0 Å². The maximum atomic E-state index is 12.8. The van der Waals surface area contributed by atoms with Crippen molar-refractivity contribution in [2.75, 3.05) is 12.4 Å². The van der Waals surface area contributed by atoms with Gasteiger partial charge >= 0.3 is 6.09 Å². The summed E-state index contributed by atoms with van der Waals surface area (Å²) in [4.78, 5) is 12.8. The lowest BCUT2D eigenvalue weighted by atomic mass is 9.44. The van der Waals surface area contributed by atoms with Gasteiger partial charge in [-0.1, -0.05) is 26.8 Å². The largest absolute Gasteiger partial charge is 0.497 e. The standard InChI is InChI=1S/C28H41NO4/c1-8-26(4)16-13-22-27(5)17-15-23(25(2,3)21(27)14-18-28(22,6)33-26)32-24(30)29-19-9-11-20(31-7)12-10-19/h8-12,21-23H,1,13-18H2,2-7H3,(H,29,30)/t21-,22+,23-,26+,27-,28+/m1/s1. The maximum absolute atomic E-state index is 12.8. The minimum atomic E-state index is -0.384. The van der Waals surface area contributed by atoms with Gasteiger partial charge in [-0.3, -0.25) is 5.32 Å². The number of hydrogen-bond donors (Lipinski definition) is 1. The Hall–Kier alpha value is -2.01. The van der Waals surface area contributed by atoms with Crippen molar-refractivity contribution in [3.05, 3.63) is 36.9 Å². The number of benzene rings is 1. The Labute approximate surface area is 199 Å². The molecule has 0 bridgehead atoms. The summed E-state index contributed by atoms with van der Waals surface area (Å²) in [6.45, 7) is 15.6. The first-order valence-corrected chi connectivity index (χ1v) is 12.4. The van der Waals surface area contributed by atoms with E-state index in [0.29, 0.717) is 17.5 Å². The first-order chi connectivity index (χ1) is 15.5. The molecule has 1 N–H and O–H groups in total. The van der Waals surface area contributed by atoms with E-state index in [-0.39, 0.29) is 34.2 Å². The van der Waals surface area contributed by atoms with Gasteiger partial charge in [0.15, 0.2) is 0 Å². The van der Waals surface area contributed by atoms with Gasteiger partial charge in [0.1, 0.15) is 11.9 Å². The lowest BCUT2D eigenvalue weighted by Gasteiger charge is -2.66. The molecule has 4 rings (SSSR count). The van der Waals surface area contributed by atoms with Gasteiger partial charge in [-0.25, -0.2) is 4.79 Å². The highest BCUT2D eigenvalue weighted by molar-refractivity contribution is 5.84. The highest BCUT2D eigenvalue weighted by Crippen LogP contribution is 2.66. The van der Waals surface area contributed by atoms with Crippen LogP contribution in [0.15, 0.2) is 36.9 Å². The summed E-state index contributed by atoms with van der Waals surface area (Å²) < 4.78 is 18.0. The molecule has 0 unspecified atom stereocenters. The molecule has 0 spiro atoms. The number of anilines is 1. The molecule has 5 nitrogen and oxygen atoms in total. The molecule has 1 heterocycles. The molecular formula is C28H41NO4. The third-order valence-corrected chi connectivity index (χ3v) is 9.35. The zero-order chi connectivity index (χ0) is 24.1. The van der Waals surface area contributed by atoms with Crippen LogP contribution in [-0.4, -0.2) is 30.5 Å². The summed E-state index contributed by atoms with van der Waals surface area (Å²) in [6, 6.07) is 7.30. The number of carbonyl (C=O) groups is 1. The summed E-state index contributed by atoms with van der Waals surface area (Å²) in [5.41, 5.74) is 0.416. The van der Waals surface area contributed by atoms with Crippen molar-refractivity contribution in [1.29, 1.82) is 0 Å². The molecule has 0 aromatic heterocycles. The zero-order valence-corrected chi connectivity index (χ0v) is 21.2. The Morgan fingerprint density at radius 2 is 1.70 bits per heavy atom. The van der Waals surface area contributed by atoms with Crippen LogP contribution in [0, 0.1) is 22.7 Å². The molecular weight excluding hydrogens is 414 g/mol. The molecule has 1 aromatic rings. The van der Waals surface area contributed by atoms with Crippen molar-refractivity contribution in [3.8, 4) is 5.75 Å². The molecule has 1 saturated heterocycles. The molecule has 6 atom stereocenters. The predicted octanol–water partition coefficient (Wildman–Crippen LogP) is 6.98. The van der Waals surface area contributed by atoms with Gasteiger partial charge in [0.05, 0.1) is 18.3 Å². The number of carbonyl (C=O) groups excluding carboxylic acids is 1. The van der Waals surface area contributed by atoms with Crippen LogP contribution in [0.1, 0.15) is 73.1 Å². The number of methoxy groups -OCH3 is 1. The van der Waals surface area contributed by atoms with E-state index in [1.807, 2.05) is 30.3 Å². The molecule has 1 aromatic carbocycles. The zero-order valence-electron chi connectivity index (χ0n) is 21.2. The molecule has 33 heavy (non-hydrogen) atoms. The van der Waals surface area contributed by atoms with Crippen LogP contribution in [0.25, 0.3) is 0 Å². The predicted molar refractivity (Wildman–Crippen MR) is 132 cm³/mol. The Balaban J connectivity index is 1.47. The van der Waals surface area contributed by atoms with Gasteiger partial charge in [-0.15, -0.1) is 6.58 Å². The quantitative estimate of drug-likeness (QED) is 0.498. The van der Waals surface area contributed by atoms with Crippen molar-refractivity contribution >= 4 is 11.8 Å². The second-order valence-electron chi connectivity index (χ2n) is 11.7. The van der Waals surface area contributed by atoms with Crippen LogP contribution < -0.4 is 10.1 Å². The van der Waals surface area contributed by atoms with E-state index in [1.54, 1.807) is 7.11 Å². The second kappa shape index (κ2) is 8.33. The van der Waals surface area contributed by atoms with Crippen molar-refractivity contribution < 1.29 is 19.0 Å². The summed E-state index contributed by atoms with van der Waals surface area (Å²) in [5, 5.41) is 2.88. The van der Waals surface area contributed by atoms with Crippen LogP contribution >= 0.6 is 0 Å². The van der Waals surface area contributed by atoms with Gasteiger partial charge in [-0.05, 0) is 93.9 Å². The third-order valence-electron chi connectivity index (χ3n) is 9.35. The number of amides is 1. The second-order valence-corrected chi connectivity index (χ2v) is 11.7. The molecule has 5 heteroatoms. The van der Waals surface area contributed by atoms with Gasteiger partial charge in [0, 0.05) is 11.1 Å². The lowest BCUT2D eigenvalue weighted by molar-refractivity contribution is -0.261. The topological polar surface area (TPSA) is 56.8 Å². The van der Waals surface area contributed by atoms with Crippen molar-refractivity contribution in [2.45, 2.75) is 90.4 Å². The van der Waals surface area contributed by atoms with E-state index in [2.05, 4.69) is 46.5 Å². The lowest BCUT2D eigenvalue weighted by Crippen LogP contribution is -2.64. The van der Waals surface area contributed by atoms with Gasteiger partial charge in [-0.2, -0.15) is 0 Å². The van der Waals surface area contributed by atoms with Gasteiger partial charge < -0.3 is 14.2 Å². The first-order valence-electron chi connectivity index (χ1n) is 12.4. The first kappa shape index (κ1) is 24.1. The minimum Gasteiger partial charge on any atom is -0.497 e. The number of rotatable bonds is 4. The van der Waals surface area contributed by atoms with Crippen molar-refractivity contribution in [1.82, 2.24) is 0 Å². The van der Waals surface area contributed by atoms with Crippen LogP contribution in [0.4, 0.5) is 10.5 Å². The fourth-order valence-corrected chi connectivity index (χ4v) is 7.56. The monoisotopic (exact) mass is 455 g/mol. The Morgan fingerprint density at radius 1 is 1.03 bits per heavy atom. The van der Waals surface area contributed by atoms with Crippen LogP contribution in [-0.2, 0) is 9.47 Å². The average molecular weight is 456 g/mol. The van der Waals surface area contributed by atoms with E-state index in [4.69, 9.17) is 14.2 Å². The highest BCUT2D eigenvalue weighted by atomic mass is 16.6.